The summed E-state index contributed by atoms with van der Waals surface area (Å²) in [5.41, 5.74) is 3.89. The molecule has 0 bridgehead atoms. The molecule has 29 heavy (non-hydrogen) atoms. The van der Waals surface area contributed by atoms with Crippen molar-refractivity contribution in [2.45, 2.75) is 20.1 Å². The Morgan fingerprint density at radius 3 is 2.38 bits per heavy atom. The summed E-state index contributed by atoms with van der Waals surface area (Å²) in [4.78, 5) is 10.3. The lowest BCUT2D eigenvalue weighted by Crippen LogP contribution is -2.02. The number of nitro benzene ring substituents is 1. The van der Waals surface area contributed by atoms with E-state index in [1.54, 1.807) is 19.2 Å². The van der Waals surface area contributed by atoms with Gasteiger partial charge in [0.1, 0.15) is 6.61 Å². The molecule has 0 saturated heterocycles. The van der Waals surface area contributed by atoms with Gasteiger partial charge in [0, 0.05) is 29.4 Å². The summed E-state index contributed by atoms with van der Waals surface area (Å²) in [6.45, 7) is 2.86. The summed E-state index contributed by atoms with van der Waals surface area (Å²) in [6, 6.07) is 17.8. The standard InChI is InChI=1S/C22H21ClN2O4/c1-15-3-7-18(12-20(15)23)24-13-17-6-10-21(22(11-17)28-2)29-14-16-4-8-19(9-5-16)25(26)27/h3-12,24H,13-14H2,1-2H3. The Labute approximate surface area is 174 Å². The highest BCUT2D eigenvalue weighted by Crippen LogP contribution is 2.29. The van der Waals surface area contributed by atoms with Crippen LogP contribution >= 0.6 is 11.6 Å². The van der Waals surface area contributed by atoms with E-state index in [1.165, 1.54) is 12.1 Å². The SMILES string of the molecule is COc1cc(CNc2ccc(C)c(Cl)c2)ccc1OCc1ccc([N+](=O)[O-])cc1. The van der Waals surface area contributed by atoms with Gasteiger partial charge in [0.15, 0.2) is 11.5 Å². The number of hydrogen-bond acceptors (Lipinski definition) is 5. The molecule has 0 aromatic heterocycles. The van der Waals surface area contributed by atoms with Gasteiger partial charge >= 0.3 is 0 Å². The first-order valence-electron chi connectivity index (χ1n) is 8.99. The monoisotopic (exact) mass is 412 g/mol. The van der Waals surface area contributed by atoms with E-state index < -0.39 is 4.92 Å². The van der Waals surface area contributed by atoms with Gasteiger partial charge in [0.05, 0.1) is 12.0 Å². The highest BCUT2D eigenvalue weighted by atomic mass is 35.5. The fraction of sp³-hybridized carbons (Fsp3) is 0.182. The van der Waals surface area contributed by atoms with Crippen molar-refractivity contribution < 1.29 is 14.4 Å². The van der Waals surface area contributed by atoms with Crippen LogP contribution < -0.4 is 14.8 Å². The third kappa shape index (κ3) is 5.39. The van der Waals surface area contributed by atoms with Crippen molar-refractivity contribution in [3.05, 3.63) is 92.5 Å². The number of hydrogen-bond donors (Lipinski definition) is 1. The van der Waals surface area contributed by atoms with Crippen LogP contribution in [-0.4, -0.2) is 12.0 Å². The lowest BCUT2D eigenvalue weighted by molar-refractivity contribution is -0.384. The topological polar surface area (TPSA) is 73.6 Å². The third-order valence-corrected chi connectivity index (χ3v) is 4.85. The van der Waals surface area contributed by atoms with Gasteiger partial charge in [-0.3, -0.25) is 10.1 Å². The normalized spacial score (nSPS) is 10.4. The summed E-state index contributed by atoms with van der Waals surface area (Å²) in [6.07, 6.45) is 0. The van der Waals surface area contributed by atoms with Crippen LogP contribution in [0.5, 0.6) is 11.5 Å². The molecule has 0 spiro atoms. The lowest BCUT2D eigenvalue weighted by Gasteiger charge is -2.13. The molecular formula is C22H21ClN2O4. The fourth-order valence-electron chi connectivity index (χ4n) is 2.72. The average molecular weight is 413 g/mol. The van der Waals surface area contributed by atoms with Crippen LogP contribution in [0, 0.1) is 17.0 Å². The van der Waals surface area contributed by atoms with E-state index in [2.05, 4.69) is 5.32 Å². The number of nitro groups is 1. The largest absolute Gasteiger partial charge is 0.493 e. The van der Waals surface area contributed by atoms with Crippen LogP contribution in [0.4, 0.5) is 11.4 Å². The van der Waals surface area contributed by atoms with Crippen LogP contribution in [0.25, 0.3) is 0 Å². The Morgan fingerprint density at radius 1 is 1.00 bits per heavy atom. The van der Waals surface area contributed by atoms with Crippen LogP contribution in [-0.2, 0) is 13.2 Å². The number of nitrogens with zero attached hydrogens (tertiary/aromatic N) is 1. The number of rotatable bonds is 8. The summed E-state index contributed by atoms with van der Waals surface area (Å²) in [5, 5.41) is 14.8. The van der Waals surface area contributed by atoms with E-state index in [-0.39, 0.29) is 12.3 Å². The molecule has 1 N–H and O–H groups in total. The second-order valence-electron chi connectivity index (χ2n) is 6.51. The van der Waals surface area contributed by atoms with Crippen LogP contribution in [0.2, 0.25) is 5.02 Å². The molecule has 150 valence electrons. The zero-order valence-corrected chi connectivity index (χ0v) is 16.9. The van der Waals surface area contributed by atoms with E-state index in [1.807, 2.05) is 43.3 Å². The van der Waals surface area contributed by atoms with Crippen molar-refractivity contribution in [2.75, 3.05) is 12.4 Å². The minimum Gasteiger partial charge on any atom is -0.493 e. The number of methoxy groups -OCH3 is 1. The van der Waals surface area contributed by atoms with Crippen LogP contribution in [0.1, 0.15) is 16.7 Å². The number of halogens is 1. The minimum atomic E-state index is -0.426. The molecule has 0 atom stereocenters. The van der Waals surface area contributed by atoms with Gasteiger partial charge in [-0.25, -0.2) is 0 Å². The van der Waals surface area contributed by atoms with E-state index in [9.17, 15) is 10.1 Å². The molecule has 0 aliphatic carbocycles. The molecule has 3 aromatic carbocycles. The number of nitrogens with one attached hydrogen (secondary N) is 1. The predicted molar refractivity (Wildman–Crippen MR) is 114 cm³/mol. The van der Waals surface area contributed by atoms with Gasteiger partial charge in [-0.05, 0) is 60.0 Å². The maximum absolute atomic E-state index is 10.7. The highest BCUT2D eigenvalue weighted by molar-refractivity contribution is 6.31. The second-order valence-corrected chi connectivity index (χ2v) is 6.92. The van der Waals surface area contributed by atoms with Crippen molar-refractivity contribution in [3.63, 3.8) is 0 Å². The third-order valence-electron chi connectivity index (χ3n) is 4.44. The predicted octanol–water partition coefficient (Wildman–Crippen LogP) is 5.76. The van der Waals surface area contributed by atoms with Crippen molar-refractivity contribution >= 4 is 23.0 Å². The van der Waals surface area contributed by atoms with Gasteiger partial charge in [-0.1, -0.05) is 23.7 Å². The van der Waals surface area contributed by atoms with Crippen LogP contribution in [0.15, 0.2) is 60.7 Å². The van der Waals surface area contributed by atoms with E-state index >= 15 is 0 Å². The molecule has 0 unspecified atom stereocenters. The molecule has 0 saturated carbocycles. The van der Waals surface area contributed by atoms with Gasteiger partial charge in [-0.15, -0.1) is 0 Å². The van der Waals surface area contributed by atoms with Crippen molar-refractivity contribution in [1.82, 2.24) is 0 Å². The number of ether oxygens (including phenoxy) is 2. The molecule has 0 amide bonds. The van der Waals surface area contributed by atoms with E-state index in [0.717, 1.165) is 27.4 Å². The minimum absolute atomic E-state index is 0.0537. The quantitative estimate of drug-likeness (QED) is 0.376. The summed E-state index contributed by atoms with van der Waals surface area (Å²) in [7, 11) is 1.59. The Balaban J connectivity index is 1.63. The zero-order valence-electron chi connectivity index (χ0n) is 16.1. The Kier molecular flexibility index (Phi) is 6.57. The fourth-order valence-corrected chi connectivity index (χ4v) is 2.90. The smallest absolute Gasteiger partial charge is 0.269 e. The molecule has 3 rings (SSSR count). The molecule has 6 nitrogen and oxygen atoms in total. The highest BCUT2D eigenvalue weighted by Gasteiger charge is 2.08. The average Bonchev–Trinajstić information content (AvgIpc) is 2.73. The maximum Gasteiger partial charge on any atom is 0.269 e. The van der Waals surface area contributed by atoms with E-state index in [0.29, 0.717) is 18.0 Å². The number of aryl methyl sites for hydroxylation is 1. The summed E-state index contributed by atoms with van der Waals surface area (Å²) >= 11 is 6.16. The molecular weight excluding hydrogens is 392 g/mol. The molecule has 0 heterocycles. The summed E-state index contributed by atoms with van der Waals surface area (Å²) in [5.74, 6) is 1.22. The van der Waals surface area contributed by atoms with Crippen molar-refractivity contribution in [2.24, 2.45) is 0 Å². The number of non-ortho nitro benzene ring substituents is 1. The molecule has 3 aromatic rings. The Bertz CT molecular complexity index is 1010. The zero-order chi connectivity index (χ0) is 20.8. The Hall–Kier alpha value is -3.25. The molecule has 0 fully saturated rings. The van der Waals surface area contributed by atoms with Gasteiger partial charge in [0.25, 0.3) is 5.69 Å². The number of benzene rings is 3. The lowest BCUT2D eigenvalue weighted by atomic mass is 10.1. The van der Waals surface area contributed by atoms with Gasteiger partial charge in [-0.2, -0.15) is 0 Å². The first-order valence-corrected chi connectivity index (χ1v) is 9.37. The molecule has 0 aliphatic rings. The molecule has 7 heteroatoms. The molecule has 0 radical (unpaired) electrons. The number of anilines is 1. The van der Waals surface area contributed by atoms with Crippen molar-refractivity contribution in [3.8, 4) is 11.5 Å². The van der Waals surface area contributed by atoms with Gasteiger partial charge < -0.3 is 14.8 Å². The van der Waals surface area contributed by atoms with Gasteiger partial charge in [0.2, 0.25) is 0 Å². The molecule has 0 aliphatic heterocycles. The maximum atomic E-state index is 10.7. The first-order chi connectivity index (χ1) is 14.0. The van der Waals surface area contributed by atoms with Crippen molar-refractivity contribution in [1.29, 1.82) is 0 Å². The second kappa shape index (κ2) is 9.30. The Morgan fingerprint density at radius 2 is 1.72 bits per heavy atom. The first kappa shape index (κ1) is 20.5. The summed E-state index contributed by atoms with van der Waals surface area (Å²) < 4.78 is 11.3. The van der Waals surface area contributed by atoms with E-state index in [4.69, 9.17) is 21.1 Å². The van der Waals surface area contributed by atoms with Crippen LogP contribution in [0.3, 0.4) is 0 Å².